The minimum atomic E-state index is -0.405. The van der Waals surface area contributed by atoms with Crippen LogP contribution in [0, 0.1) is 11.3 Å². The molecule has 3 rings (SSSR count). The summed E-state index contributed by atoms with van der Waals surface area (Å²) in [4.78, 5) is 15.9. The second-order valence-electron chi connectivity index (χ2n) is 4.14. The maximum Gasteiger partial charge on any atom is 0.337 e. The van der Waals surface area contributed by atoms with Crippen molar-refractivity contribution in [3.05, 3.63) is 35.5 Å². The number of anilines is 1. The van der Waals surface area contributed by atoms with E-state index in [1.54, 1.807) is 18.2 Å². The summed E-state index contributed by atoms with van der Waals surface area (Å²) in [6.45, 7) is 0. The lowest BCUT2D eigenvalue weighted by atomic mass is 10.2. The normalized spacial score (nSPS) is 10.5. The number of hydrogen-bond donors (Lipinski definition) is 1. The standard InChI is InChI=1S/C13H9N5O2S/c1-20-12(19)7-2-3-9-10(4-7)21-13(17-9)18-11(15)8(5-14)6-16-18/h2-4,6H,15H2,1H3. The first-order valence-electron chi connectivity index (χ1n) is 5.87. The van der Waals surface area contributed by atoms with Gasteiger partial charge in [-0.15, -0.1) is 0 Å². The summed E-state index contributed by atoms with van der Waals surface area (Å²) in [5, 5.41) is 13.5. The predicted molar refractivity (Wildman–Crippen MR) is 77.2 cm³/mol. The van der Waals surface area contributed by atoms with Gasteiger partial charge in [0.05, 0.1) is 29.1 Å². The molecule has 0 aliphatic heterocycles. The van der Waals surface area contributed by atoms with E-state index in [4.69, 9.17) is 11.0 Å². The van der Waals surface area contributed by atoms with E-state index in [2.05, 4.69) is 14.8 Å². The lowest BCUT2D eigenvalue weighted by molar-refractivity contribution is 0.0601. The molecule has 0 radical (unpaired) electrons. The number of methoxy groups -OCH3 is 1. The number of esters is 1. The zero-order valence-electron chi connectivity index (χ0n) is 10.9. The largest absolute Gasteiger partial charge is 0.465 e. The topological polar surface area (TPSA) is 107 Å². The smallest absolute Gasteiger partial charge is 0.337 e. The second kappa shape index (κ2) is 4.88. The van der Waals surface area contributed by atoms with Crippen LogP contribution in [0.1, 0.15) is 15.9 Å². The Balaban J connectivity index is 2.11. The maximum absolute atomic E-state index is 11.5. The summed E-state index contributed by atoms with van der Waals surface area (Å²) in [6, 6.07) is 7.03. The summed E-state index contributed by atoms with van der Waals surface area (Å²) in [5.74, 6) is -0.165. The van der Waals surface area contributed by atoms with Crippen LogP contribution in [0.4, 0.5) is 5.82 Å². The van der Waals surface area contributed by atoms with Gasteiger partial charge in [-0.05, 0) is 18.2 Å². The van der Waals surface area contributed by atoms with Gasteiger partial charge >= 0.3 is 5.97 Å². The Bertz CT molecular complexity index is 890. The van der Waals surface area contributed by atoms with Crippen LogP contribution in [0.5, 0.6) is 0 Å². The average Bonchev–Trinajstić information content (AvgIpc) is 3.08. The third kappa shape index (κ3) is 2.09. The number of benzene rings is 1. The van der Waals surface area contributed by atoms with Crippen LogP contribution in [-0.2, 0) is 4.74 Å². The van der Waals surface area contributed by atoms with Crippen LogP contribution >= 0.6 is 11.3 Å². The highest BCUT2D eigenvalue weighted by molar-refractivity contribution is 7.20. The molecule has 1 aromatic carbocycles. The van der Waals surface area contributed by atoms with Crippen molar-refractivity contribution < 1.29 is 9.53 Å². The highest BCUT2D eigenvalue weighted by Gasteiger charge is 2.14. The minimum Gasteiger partial charge on any atom is -0.465 e. The molecule has 0 aliphatic carbocycles. The van der Waals surface area contributed by atoms with Gasteiger partial charge in [-0.2, -0.15) is 15.0 Å². The molecular weight excluding hydrogens is 290 g/mol. The molecule has 3 aromatic rings. The van der Waals surface area contributed by atoms with Gasteiger partial charge in [0.25, 0.3) is 0 Å². The van der Waals surface area contributed by atoms with Crippen molar-refractivity contribution >= 4 is 33.3 Å². The fourth-order valence-corrected chi connectivity index (χ4v) is 2.82. The molecule has 0 amide bonds. The number of thiazole rings is 1. The van der Waals surface area contributed by atoms with Crippen molar-refractivity contribution in [2.75, 3.05) is 12.8 Å². The highest BCUT2D eigenvalue weighted by atomic mass is 32.1. The van der Waals surface area contributed by atoms with E-state index in [1.165, 1.54) is 29.3 Å². The molecule has 0 aliphatic rings. The summed E-state index contributed by atoms with van der Waals surface area (Å²) in [6.07, 6.45) is 1.39. The second-order valence-corrected chi connectivity index (χ2v) is 5.15. The number of nitrogens with two attached hydrogens (primary N) is 1. The summed E-state index contributed by atoms with van der Waals surface area (Å²) < 4.78 is 6.90. The number of hydrogen-bond acceptors (Lipinski definition) is 7. The van der Waals surface area contributed by atoms with Gasteiger partial charge < -0.3 is 10.5 Å². The SMILES string of the molecule is COC(=O)c1ccc2nc(-n3ncc(C#N)c3N)sc2c1. The molecule has 0 spiro atoms. The Morgan fingerprint density at radius 2 is 2.33 bits per heavy atom. The summed E-state index contributed by atoms with van der Waals surface area (Å²) in [7, 11) is 1.33. The number of carbonyl (C=O) groups is 1. The number of nitrogen functional groups attached to an aromatic ring is 1. The van der Waals surface area contributed by atoms with Gasteiger partial charge in [0.15, 0.2) is 0 Å². The van der Waals surface area contributed by atoms with Crippen LogP contribution in [0.2, 0.25) is 0 Å². The van der Waals surface area contributed by atoms with Gasteiger partial charge in [0.2, 0.25) is 5.13 Å². The van der Waals surface area contributed by atoms with Crippen LogP contribution in [-0.4, -0.2) is 27.8 Å². The lowest BCUT2D eigenvalue weighted by Crippen LogP contribution is -2.01. The first-order chi connectivity index (χ1) is 10.1. The third-order valence-electron chi connectivity index (χ3n) is 2.91. The summed E-state index contributed by atoms with van der Waals surface area (Å²) >= 11 is 1.32. The molecule has 8 heteroatoms. The Morgan fingerprint density at radius 3 is 3.00 bits per heavy atom. The van der Waals surface area contributed by atoms with Gasteiger partial charge in [-0.3, -0.25) is 0 Å². The zero-order chi connectivity index (χ0) is 15.0. The summed E-state index contributed by atoms with van der Waals surface area (Å²) in [5.41, 5.74) is 7.30. The van der Waals surface area contributed by atoms with Crippen LogP contribution in [0.25, 0.3) is 15.3 Å². The van der Waals surface area contributed by atoms with Crippen LogP contribution < -0.4 is 5.73 Å². The van der Waals surface area contributed by atoms with Crippen molar-refractivity contribution in [1.29, 1.82) is 5.26 Å². The predicted octanol–water partition coefficient (Wildman–Crippen LogP) is 1.72. The van der Waals surface area contributed by atoms with E-state index < -0.39 is 5.97 Å². The van der Waals surface area contributed by atoms with Crippen molar-refractivity contribution in [3.8, 4) is 11.2 Å². The molecule has 104 valence electrons. The van der Waals surface area contributed by atoms with E-state index in [0.717, 1.165) is 10.2 Å². The van der Waals surface area contributed by atoms with E-state index in [-0.39, 0.29) is 5.82 Å². The number of aromatic nitrogens is 3. The van der Waals surface area contributed by atoms with E-state index in [1.807, 2.05) is 6.07 Å². The molecule has 0 unspecified atom stereocenters. The van der Waals surface area contributed by atoms with Crippen molar-refractivity contribution in [3.63, 3.8) is 0 Å². The van der Waals surface area contributed by atoms with E-state index >= 15 is 0 Å². The fourth-order valence-electron chi connectivity index (χ4n) is 1.84. The Kier molecular flexibility index (Phi) is 3.04. The van der Waals surface area contributed by atoms with Gasteiger partial charge in [0, 0.05) is 0 Å². The molecule has 2 N–H and O–H groups in total. The quantitative estimate of drug-likeness (QED) is 0.722. The number of rotatable bonds is 2. The van der Waals surface area contributed by atoms with Gasteiger partial charge in [-0.25, -0.2) is 9.78 Å². The maximum atomic E-state index is 11.5. The molecule has 0 saturated heterocycles. The molecule has 0 fully saturated rings. The molecule has 2 heterocycles. The minimum absolute atomic E-state index is 0.241. The van der Waals surface area contributed by atoms with E-state index in [9.17, 15) is 4.79 Å². The van der Waals surface area contributed by atoms with Crippen LogP contribution in [0.15, 0.2) is 24.4 Å². The molecule has 2 aromatic heterocycles. The Labute approximate surface area is 123 Å². The first-order valence-corrected chi connectivity index (χ1v) is 6.68. The molecular formula is C13H9N5O2S. The monoisotopic (exact) mass is 299 g/mol. The number of ether oxygens (including phenoxy) is 1. The molecule has 0 saturated carbocycles. The van der Waals surface area contributed by atoms with Gasteiger partial charge in [-0.1, -0.05) is 11.3 Å². The number of nitrogens with zero attached hydrogens (tertiary/aromatic N) is 4. The first kappa shape index (κ1) is 13.1. The van der Waals surface area contributed by atoms with Crippen molar-refractivity contribution in [2.45, 2.75) is 0 Å². The van der Waals surface area contributed by atoms with Crippen LogP contribution in [0.3, 0.4) is 0 Å². The highest BCUT2D eigenvalue weighted by Crippen LogP contribution is 2.27. The Hall–Kier alpha value is -2.92. The lowest BCUT2D eigenvalue weighted by Gasteiger charge is -1.97. The van der Waals surface area contributed by atoms with Gasteiger partial charge in [0.1, 0.15) is 17.5 Å². The molecule has 0 atom stereocenters. The average molecular weight is 299 g/mol. The van der Waals surface area contributed by atoms with Crippen molar-refractivity contribution in [2.24, 2.45) is 0 Å². The number of carbonyl (C=O) groups excluding carboxylic acids is 1. The Morgan fingerprint density at radius 1 is 1.52 bits per heavy atom. The third-order valence-corrected chi connectivity index (χ3v) is 3.90. The molecule has 7 nitrogen and oxygen atoms in total. The van der Waals surface area contributed by atoms with E-state index in [0.29, 0.717) is 16.3 Å². The molecule has 21 heavy (non-hydrogen) atoms. The zero-order valence-corrected chi connectivity index (χ0v) is 11.7. The number of fused-ring (bicyclic) bond motifs is 1. The van der Waals surface area contributed by atoms with Crippen molar-refractivity contribution in [1.82, 2.24) is 14.8 Å². The number of nitriles is 1. The molecule has 0 bridgehead atoms. The fraction of sp³-hybridized carbons (Fsp3) is 0.0769.